The summed E-state index contributed by atoms with van der Waals surface area (Å²) in [6.07, 6.45) is 2.12. The second-order valence-corrected chi connectivity index (χ2v) is 6.20. The van der Waals surface area contributed by atoms with Gasteiger partial charge in [0.05, 0.1) is 13.7 Å². The Morgan fingerprint density at radius 1 is 1.38 bits per heavy atom. The number of thiophene rings is 1. The lowest BCUT2D eigenvalue weighted by Gasteiger charge is -2.23. The van der Waals surface area contributed by atoms with E-state index in [2.05, 4.69) is 6.07 Å². The Morgan fingerprint density at radius 3 is 2.81 bits per heavy atom. The Kier molecular flexibility index (Phi) is 3.84. The minimum atomic E-state index is -0.0409. The van der Waals surface area contributed by atoms with E-state index in [0.717, 1.165) is 12.8 Å². The van der Waals surface area contributed by atoms with Crippen molar-refractivity contribution < 1.29 is 9.53 Å². The molecule has 0 saturated heterocycles. The van der Waals surface area contributed by atoms with Crippen molar-refractivity contribution in [2.45, 2.75) is 25.4 Å². The third-order valence-electron chi connectivity index (χ3n) is 3.65. The molecule has 1 heterocycles. The SMILES string of the molecule is COc1cccc(N)c1C(=O)N(Cc1cccs1)C1CC1. The molecule has 0 bridgehead atoms. The van der Waals surface area contributed by atoms with Gasteiger partial charge in [0.15, 0.2) is 0 Å². The maximum atomic E-state index is 12.9. The molecule has 110 valence electrons. The highest BCUT2D eigenvalue weighted by atomic mass is 32.1. The van der Waals surface area contributed by atoms with Crippen molar-refractivity contribution in [3.05, 3.63) is 46.2 Å². The number of benzene rings is 1. The summed E-state index contributed by atoms with van der Waals surface area (Å²) in [5.41, 5.74) is 6.95. The molecule has 4 nitrogen and oxygen atoms in total. The fourth-order valence-electron chi connectivity index (χ4n) is 2.41. The number of rotatable bonds is 5. The Bertz CT molecular complexity index is 636. The van der Waals surface area contributed by atoms with Gasteiger partial charge >= 0.3 is 0 Å². The molecule has 0 atom stereocenters. The smallest absolute Gasteiger partial charge is 0.260 e. The van der Waals surface area contributed by atoms with Gasteiger partial charge in [0.25, 0.3) is 5.91 Å². The van der Waals surface area contributed by atoms with E-state index in [1.165, 1.54) is 4.88 Å². The predicted molar refractivity (Wildman–Crippen MR) is 84.6 cm³/mol. The summed E-state index contributed by atoms with van der Waals surface area (Å²) in [7, 11) is 1.56. The van der Waals surface area contributed by atoms with Crippen LogP contribution in [0.5, 0.6) is 5.75 Å². The minimum absolute atomic E-state index is 0.0409. The molecule has 2 aromatic rings. The molecule has 21 heavy (non-hydrogen) atoms. The normalized spacial score (nSPS) is 14.0. The van der Waals surface area contributed by atoms with Crippen LogP contribution in [0.15, 0.2) is 35.7 Å². The van der Waals surface area contributed by atoms with E-state index in [9.17, 15) is 4.79 Å². The Labute approximate surface area is 128 Å². The van der Waals surface area contributed by atoms with Crippen molar-refractivity contribution in [1.82, 2.24) is 4.90 Å². The van der Waals surface area contributed by atoms with Crippen molar-refractivity contribution in [3.63, 3.8) is 0 Å². The molecule has 0 aliphatic heterocycles. The van der Waals surface area contributed by atoms with Crippen molar-refractivity contribution in [1.29, 1.82) is 0 Å². The molecule has 3 rings (SSSR count). The molecule has 5 heteroatoms. The lowest BCUT2D eigenvalue weighted by atomic mass is 10.1. The number of anilines is 1. The van der Waals surface area contributed by atoms with Gasteiger partial charge in [0, 0.05) is 16.6 Å². The first-order chi connectivity index (χ1) is 10.2. The van der Waals surface area contributed by atoms with Crippen LogP contribution < -0.4 is 10.5 Å². The van der Waals surface area contributed by atoms with E-state index < -0.39 is 0 Å². The van der Waals surface area contributed by atoms with Gasteiger partial charge in [-0.2, -0.15) is 0 Å². The molecule has 1 aromatic heterocycles. The molecule has 1 saturated carbocycles. The number of ether oxygens (including phenoxy) is 1. The van der Waals surface area contributed by atoms with Crippen molar-refractivity contribution in [3.8, 4) is 5.75 Å². The summed E-state index contributed by atoms with van der Waals surface area (Å²) < 4.78 is 5.31. The first-order valence-corrected chi connectivity index (χ1v) is 7.84. The summed E-state index contributed by atoms with van der Waals surface area (Å²) in [4.78, 5) is 16.0. The number of methoxy groups -OCH3 is 1. The first kappa shape index (κ1) is 13.9. The van der Waals surface area contributed by atoms with Crippen molar-refractivity contribution in [2.24, 2.45) is 0 Å². The molecule has 1 amide bonds. The van der Waals surface area contributed by atoms with Crippen LogP contribution in [0.3, 0.4) is 0 Å². The van der Waals surface area contributed by atoms with Crippen LogP contribution >= 0.6 is 11.3 Å². The van der Waals surface area contributed by atoms with E-state index in [1.54, 1.807) is 36.6 Å². The average Bonchev–Trinajstić information content (AvgIpc) is 3.20. The van der Waals surface area contributed by atoms with Gasteiger partial charge in [0.1, 0.15) is 11.3 Å². The molecular formula is C16H18N2O2S. The number of nitrogen functional groups attached to an aromatic ring is 1. The maximum Gasteiger partial charge on any atom is 0.260 e. The second kappa shape index (κ2) is 5.77. The van der Waals surface area contributed by atoms with Gasteiger partial charge in [-0.15, -0.1) is 11.3 Å². The predicted octanol–water partition coefficient (Wildman–Crippen LogP) is 3.14. The zero-order valence-corrected chi connectivity index (χ0v) is 12.7. The van der Waals surface area contributed by atoms with E-state index in [1.807, 2.05) is 16.3 Å². The molecule has 1 aliphatic carbocycles. The van der Waals surface area contributed by atoms with Crippen LogP contribution in [0.25, 0.3) is 0 Å². The summed E-state index contributed by atoms with van der Waals surface area (Å²) in [5, 5.41) is 2.03. The molecule has 0 radical (unpaired) electrons. The number of hydrogen-bond acceptors (Lipinski definition) is 4. The summed E-state index contributed by atoms with van der Waals surface area (Å²) >= 11 is 1.67. The van der Waals surface area contributed by atoms with E-state index in [4.69, 9.17) is 10.5 Å². The Balaban J connectivity index is 1.91. The van der Waals surface area contributed by atoms with Gasteiger partial charge in [-0.05, 0) is 36.4 Å². The molecule has 1 aromatic carbocycles. The number of nitrogens with two attached hydrogens (primary N) is 1. The lowest BCUT2D eigenvalue weighted by molar-refractivity contribution is 0.0729. The standard InChI is InChI=1S/C16H18N2O2S/c1-20-14-6-2-5-13(17)15(14)16(19)18(11-7-8-11)10-12-4-3-9-21-12/h2-6,9,11H,7-8,10,17H2,1H3. The number of carbonyl (C=O) groups is 1. The molecular weight excluding hydrogens is 284 g/mol. The highest BCUT2D eigenvalue weighted by molar-refractivity contribution is 7.09. The van der Waals surface area contributed by atoms with Gasteiger partial charge in [0.2, 0.25) is 0 Å². The fourth-order valence-corrected chi connectivity index (χ4v) is 3.12. The summed E-state index contributed by atoms with van der Waals surface area (Å²) in [6, 6.07) is 9.70. The lowest BCUT2D eigenvalue weighted by Crippen LogP contribution is -2.33. The van der Waals surface area contributed by atoms with E-state index in [0.29, 0.717) is 29.6 Å². The number of nitrogens with zero attached hydrogens (tertiary/aromatic N) is 1. The first-order valence-electron chi connectivity index (χ1n) is 6.96. The Morgan fingerprint density at radius 2 is 2.19 bits per heavy atom. The van der Waals surface area contributed by atoms with Gasteiger partial charge in [-0.25, -0.2) is 0 Å². The quantitative estimate of drug-likeness (QED) is 0.863. The molecule has 1 fully saturated rings. The van der Waals surface area contributed by atoms with Crippen LogP contribution in [0.4, 0.5) is 5.69 Å². The van der Waals surface area contributed by atoms with Gasteiger partial charge in [-0.3, -0.25) is 4.79 Å². The fraction of sp³-hybridized carbons (Fsp3) is 0.312. The highest BCUT2D eigenvalue weighted by Gasteiger charge is 2.35. The van der Waals surface area contributed by atoms with Crippen LogP contribution in [0, 0.1) is 0 Å². The number of hydrogen-bond donors (Lipinski definition) is 1. The number of amides is 1. The maximum absolute atomic E-state index is 12.9. The van der Waals surface area contributed by atoms with Crippen LogP contribution in [0.2, 0.25) is 0 Å². The highest BCUT2D eigenvalue weighted by Crippen LogP contribution is 2.34. The average molecular weight is 302 g/mol. The summed E-state index contributed by atoms with van der Waals surface area (Å²) in [6.45, 7) is 0.638. The summed E-state index contributed by atoms with van der Waals surface area (Å²) in [5.74, 6) is 0.498. The van der Waals surface area contributed by atoms with E-state index >= 15 is 0 Å². The van der Waals surface area contributed by atoms with Crippen LogP contribution in [0.1, 0.15) is 28.1 Å². The van der Waals surface area contributed by atoms with Gasteiger partial charge < -0.3 is 15.4 Å². The topological polar surface area (TPSA) is 55.6 Å². The largest absolute Gasteiger partial charge is 0.496 e. The second-order valence-electron chi connectivity index (χ2n) is 5.17. The van der Waals surface area contributed by atoms with Crippen molar-refractivity contribution >= 4 is 22.9 Å². The molecule has 0 spiro atoms. The molecule has 0 unspecified atom stereocenters. The van der Waals surface area contributed by atoms with Crippen molar-refractivity contribution in [2.75, 3.05) is 12.8 Å². The van der Waals surface area contributed by atoms with E-state index in [-0.39, 0.29) is 5.91 Å². The molecule has 2 N–H and O–H groups in total. The molecule has 1 aliphatic rings. The zero-order chi connectivity index (χ0) is 14.8. The van der Waals surface area contributed by atoms with Gasteiger partial charge in [-0.1, -0.05) is 12.1 Å². The van der Waals surface area contributed by atoms with Crippen LogP contribution in [-0.2, 0) is 6.54 Å². The van der Waals surface area contributed by atoms with Crippen LogP contribution in [-0.4, -0.2) is 24.0 Å². The third kappa shape index (κ3) is 2.88. The minimum Gasteiger partial charge on any atom is -0.496 e. The third-order valence-corrected chi connectivity index (χ3v) is 4.51. The zero-order valence-electron chi connectivity index (χ0n) is 11.9. The number of carbonyl (C=O) groups excluding carboxylic acids is 1. The monoisotopic (exact) mass is 302 g/mol. The Hall–Kier alpha value is -2.01.